The topological polar surface area (TPSA) is 87.3 Å². The second kappa shape index (κ2) is 6.32. The van der Waals surface area contributed by atoms with Gasteiger partial charge in [-0.05, 0) is 28.1 Å². The summed E-state index contributed by atoms with van der Waals surface area (Å²) in [6, 6.07) is 3.74. The summed E-state index contributed by atoms with van der Waals surface area (Å²) in [7, 11) is -3.79. The number of rotatable bonds is 2. The Morgan fingerprint density at radius 1 is 1.12 bits per heavy atom. The van der Waals surface area contributed by atoms with Crippen LogP contribution in [0.1, 0.15) is 10.4 Å². The number of sulfonamides is 1. The Balaban J connectivity index is 1.98. The van der Waals surface area contributed by atoms with Crippen molar-refractivity contribution in [3.8, 4) is 0 Å². The van der Waals surface area contributed by atoms with Crippen LogP contribution in [0.25, 0.3) is 0 Å². The van der Waals surface area contributed by atoms with Gasteiger partial charge in [0.15, 0.2) is 17.5 Å². The molecule has 1 aliphatic heterocycles. The highest BCUT2D eigenvalue weighted by atomic mass is 79.9. The lowest BCUT2D eigenvalue weighted by Gasteiger charge is -2.20. The molecule has 0 aromatic heterocycles. The Bertz CT molecular complexity index is 975. The van der Waals surface area contributed by atoms with E-state index in [4.69, 9.17) is 0 Å². The first kappa shape index (κ1) is 17.7. The van der Waals surface area contributed by atoms with Gasteiger partial charge in [-0.1, -0.05) is 0 Å². The van der Waals surface area contributed by atoms with Gasteiger partial charge >= 0.3 is 0 Å². The molecule has 0 bridgehead atoms. The minimum atomic E-state index is -3.79. The highest BCUT2D eigenvalue weighted by Crippen LogP contribution is 2.31. The van der Waals surface area contributed by atoms with Crippen molar-refractivity contribution in [1.29, 1.82) is 0 Å². The number of benzene rings is 2. The molecule has 132 valence electrons. The van der Waals surface area contributed by atoms with Crippen LogP contribution in [0, 0.1) is 17.5 Å². The quantitative estimate of drug-likeness (QED) is 0.633. The number of hydrogen-bond acceptors (Lipinski definition) is 4. The number of amides is 1. The third-order valence-corrected chi connectivity index (χ3v) is 5.48. The average Bonchev–Trinajstić information content (AvgIpc) is 2.51. The third kappa shape index (κ3) is 3.34. The van der Waals surface area contributed by atoms with Gasteiger partial charge in [0.1, 0.15) is 4.90 Å². The number of halogens is 4. The standard InChI is InChI=1S/C14H9BrF3N3O3S/c15-8-4-11-12(25(23,24)20-5-19-11)3-7(8)14(22)21-6-1-9(16)13(18)10(17)2-6/h1-4,19-20H,5H2,(H,21,22). The predicted molar refractivity (Wildman–Crippen MR) is 87.2 cm³/mol. The largest absolute Gasteiger partial charge is 0.370 e. The first-order chi connectivity index (χ1) is 11.7. The van der Waals surface area contributed by atoms with Crippen molar-refractivity contribution in [3.63, 3.8) is 0 Å². The van der Waals surface area contributed by atoms with E-state index >= 15 is 0 Å². The van der Waals surface area contributed by atoms with Gasteiger partial charge in [0.25, 0.3) is 5.91 Å². The number of carbonyl (C=O) groups excluding carboxylic acids is 1. The first-order valence-corrected chi connectivity index (χ1v) is 8.99. The van der Waals surface area contributed by atoms with Crippen LogP contribution in [0.15, 0.2) is 33.6 Å². The summed E-state index contributed by atoms with van der Waals surface area (Å²) in [5.74, 6) is -5.41. The van der Waals surface area contributed by atoms with E-state index in [0.29, 0.717) is 17.8 Å². The maximum atomic E-state index is 13.2. The van der Waals surface area contributed by atoms with E-state index < -0.39 is 33.4 Å². The van der Waals surface area contributed by atoms with Crippen LogP contribution in [-0.4, -0.2) is 21.0 Å². The van der Waals surface area contributed by atoms with Gasteiger partial charge in [0.05, 0.1) is 17.9 Å². The number of nitrogens with one attached hydrogen (secondary N) is 3. The normalized spacial score (nSPS) is 15.2. The molecule has 0 atom stereocenters. The molecular weight excluding hydrogens is 427 g/mol. The first-order valence-electron chi connectivity index (χ1n) is 6.72. The summed E-state index contributed by atoms with van der Waals surface area (Å²) in [5, 5.41) is 4.99. The molecular formula is C14H9BrF3N3O3S. The van der Waals surface area contributed by atoms with Crippen LogP contribution in [0.2, 0.25) is 0 Å². The molecule has 25 heavy (non-hydrogen) atoms. The Labute approximate surface area is 148 Å². The third-order valence-electron chi connectivity index (χ3n) is 3.39. The molecule has 3 rings (SSSR count). The van der Waals surface area contributed by atoms with Crippen molar-refractivity contribution in [2.45, 2.75) is 4.90 Å². The smallest absolute Gasteiger partial charge is 0.256 e. The van der Waals surface area contributed by atoms with E-state index in [2.05, 4.69) is 31.3 Å². The number of hydrogen-bond donors (Lipinski definition) is 3. The lowest BCUT2D eigenvalue weighted by molar-refractivity contribution is 0.102. The molecule has 1 amide bonds. The summed E-state index contributed by atoms with van der Waals surface area (Å²) in [5.41, 5.74) is -0.107. The fourth-order valence-electron chi connectivity index (χ4n) is 2.22. The van der Waals surface area contributed by atoms with Crippen molar-refractivity contribution < 1.29 is 26.4 Å². The number of carbonyl (C=O) groups is 1. The van der Waals surface area contributed by atoms with Gasteiger partial charge in [-0.3, -0.25) is 4.79 Å². The van der Waals surface area contributed by atoms with E-state index in [1.54, 1.807) is 0 Å². The van der Waals surface area contributed by atoms with Gasteiger partial charge in [-0.25, -0.2) is 21.6 Å². The Morgan fingerprint density at radius 3 is 2.40 bits per heavy atom. The minimum Gasteiger partial charge on any atom is -0.370 e. The van der Waals surface area contributed by atoms with Crippen molar-refractivity contribution in [2.75, 3.05) is 17.3 Å². The molecule has 0 spiro atoms. The van der Waals surface area contributed by atoms with Gasteiger partial charge in [0.2, 0.25) is 10.0 Å². The Hall–Kier alpha value is -2.11. The lowest BCUT2D eigenvalue weighted by atomic mass is 10.1. The second-order valence-corrected chi connectivity index (χ2v) is 7.63. The average molecular weight is 436 g/mol. The minimum absolute atomic E-state index is 0.00144. The summed E-state index contributed by atoms with van der Waals surface area (Å²) in [4.78, 5) is 12.2. The maximum Gasteiger partial charge on any atom is 0.256 e. The second-order valence-electron chi connectivity index (χ2n) is 5.04. The van der Waals surface area contributed by atoms with Gasteiger partial charge in [-0.15, -0.1) is 0 Å². The molecule has 6 nitrogen and oxygen atoms in total. The molecule has 0 unspecified atom stereocenters. The molecule has 0 aliphatic carbocycles. The fraction of sp³-hybridized carbons (Fsp3) is 0.0714. The SMILES string of the molecule is O=C(Nc1cc(F)c(F)c(F)c1)c1cc2c(cc1Br)NCNS2(=O)=O. The van der Waals surface area contributed by atoms with Gasteiger partial charge in [0, 0.05) is 22.3 Å². The van der Waals surface area contributed by atoms with Crippen molar-refractivity contribution >= 4 is 43.2 Å². The fourth-order valence-corrected chi connectivity index (χ4v) is 3.85. The molecule has 11 heteroatoms. The zero-order valence-electron chi connectivity index (χ0n) is 12.2. The van der Waals surface area contributed by atoms with Crippen molar-refractivity contribution in [1.82, 2.24) is 4.72 Å². The zero-order chi connectivity index (χ0) is 18.4. The Kier molecular flexibility index (Phi) is 4.47. The van der Waals surface area contributed by atoms with Crippen LogP contribution in [-0.2, 0) is 10.0 Å². The molecule has 0 radical (unpaired) electrons. The molecule has 3 N–H and O–H groups in total. The van der Waals surface area contributed by atoms with E-state index in [0.717, 1.165) is 6.07 Å². The summed E-state index contributed by atoms with van der Waals surface area (Å²) in [6.07, 6.45) is 0. The van der Waals surface area contributed by atoms with Gasteiger partial charge < -0.3 is 10.6 Å². The van der Waals surface area contributed by atoms with Crippen molar-refractivity contribution in [2.24, 2.45) is 0 Å². The molecule has 2 aromatic rings. The van der Waals surface area contributed by atoms with Crippen molar-refractivity contribution in [3.05, 3.63) is 51.8 Å². The highest BCUT2D eigenvalue weighted by molar-refractivity contribution is 9.10. The van der Waals surface area contributed by atoms with Crippen LogP contribution in [0.4, 0.5) is 24.5 Å². The van der Waals surface area contributed by atoms with E-state index in [1.807, 2.05) is 0 Å². The summed E-state index contributed by atoms with van der Waals surface area (Å²) in [6.45, 7) is 0.00144. The molecule has 2 aromatic carbocycles. The van der Waals surface area contributed by atoms with Gasteiger partial charge in [-0.2, -0.15) is 4.72 Å². The van der Waals surface area contributed by atoms with Crippen LogP contribution < -0.4 is 15.4 Å². The van der Waals surface area contributed by atoms with E-state index in [-0.39, 0.29) is 27.3 Å². The maximum absolute atomic E-state index is 13.2. The molecule has 1 aliphatic rings. The number of anilines is 2. The predicted octanol–water partition coefficient (Wildman–Crippen LogP) is 2.78. The monoisotopic (exact) mass is 435 g/mol. The summed E-state index contributed by atoms with van der Waals surface area (Å²) < 4.78 is 65.9. The molecule has 0 saturated carbocycles. The lowest BCUT2D eigenvalue weighted by Crippen LogP contribution is -2.34. The molecule has 0 saturated heterocycles. The van der Waals surface area contributed by atoms with Crippen LogP contribution in [0.5, 0.6) is 0 Å². The van der Waals surface area contributed by atoms with Crippen LogP contribution >= 0.6 is 15.9 Å². The molecule has 1 heterocycles. The van der Waals surface area contributed by atoms with E-state index in [1.165, 1.54) is 6.07 Å². The van der Waals surface area contributed by atoms with E-state index in [9.17, 15) is 26.4 Å². The zero-order valence-corrected chi connectivity index (χ0v) is 14.6. The number of fused-ring (bicyclic) bond motifs is 1. The highest BCUT2D eigenvalue weighted by Gasteiger charge is 2.26. The summed E-state index contributed by atoms with van der Waals surface area (Å²) >= 11 is 3.14. The van der Waals surface area contributed by atoms with Crippen LogP contribution in [0.3, 0.4) is 0 Å². The Morgan fingerprint density at radius 2 is 1.76 bits per heavy atom. The molecule has 0 fully saturated rings.